The molecule has 0 aliphatic carbocycles. The highest BCUT2D eigenvalue weighted by atomic mass is 31.2. The summed E-state index contributed by atoms with van der Waals surface area (Å²) in [6.07, 6.45) is 4.07. The van der Waals surface area contributed by atoms with Crippen molar-refractivity contribution in [3.63, 3.8) is 0 Å². The Morgan fingerprint density at radius 3 is 1.45 bits per heavy atom. The number of nitrogens with zero attached hydrogens (tertiary/aromatic N) is 3. The maximum atomic E-state index is 13.5. The minimum Gasteiger partial charge on any atom is -0.322 e. The molecule has 0 atom stereocenters. The molecule has 0 unspecified atom stereocenters. The molecule has 2 aromatic carbocycles. The molecule has 0 saturated heterocycles. The van der Waals surface area contributed by atoms with Gasteiger partial charge in [-0.1, -0.05) is 60.7 Å². The van der Waals surface area contributed by atoms with Crippen LogP contribution >= 0.6 is 29.5 Å². The van der Waals surface area contributed by atoms with Gasteiger partial charge in [-0.3, -0.25) is 18.9 Å². The summed E-state index contributed by atoms with van der Waals surface area (Å²) in [6, 6.07) is 19.8. The van der Waals surface area contributed by atoms with E-state index in [0.29, 0.717) is 13.0 Å². The van der Waals surface area contributed by atoms with Crippen molar-refractivity contribution in [2.75, 3.05) is 73.2 Å². The van der Waals surface area contributed by atoms with Crippen molar-refractivity contribution >= 4 is 47.7 Å². The van der Waals surface area contributed by atoms with Crippen molar-refractivity contribution in [2.24, 2.45) is 15.8 Å². The van der Waals surface area contributed by atoms with Gasteiger partial charge in [0.25, 0.3) is 0 Å². The molecular weight excluding hydrogens is 756 g/mol. The molecular formula is C36H64N4O9P4. The van der Waals surface area contributed by atoms with Gasteiger partial charge in [0.05, 0.1) is 32.6 Å². The Kier molecular flexibility index (Phi) is 25.7. The SMILES string of the molecule is CCN=Cc1ccccc1.CCOP(=O)(OCC)C(CC(=O)CCCN(C)/N=C/c1ccccc1)P(=O)(OCC)OCC.CP(C)(=O)C(N)P(C)(C)=O. The number of hydrazone groups is 1. The summed E-state index contributed by atoms with van der Waals surface area (Å²) in [5.41, 5.74) is 7.03. The Morgan fingerprint density at radius 2 is 1.11 bits per heavy atom. The van der Waals surface area contributed by atoms with E-state index in [0.717, 1.165) is 12.1 Å². The van der Waals surface area contributed by atoms with Crippen LogP contribution in [0.1, 0.15) is 65.0 Å². The third kappa shape index (κ3) is 21.6. The average molecular weight is 821 g/mol. The first kappa shape index (κ1) is 51.0. The first-order valence-electron chi connectivity index (χ1n) is 17.8. The van der Waals surface area contributed by atoms with Gasteiger partial charge in [0.15, 0.2) is 5.40 Å². The Bertz CT molecular complexity index is 1480. The maximum Gasteiger partial charge on any atom is 0.346 e. The molecule has 0 saturated carbocycles. The standard InChI is InChI=1S/C22H38N2O7P2.C9H11N.C5H15NO2P2/c1-6-28-32(26,29-7-2)22(33(27,30-8-3)31-9-4)18-21(25)16-13-17-24(5)23-19-20-14-11-10-12-15-20;1-2-10-8-9-6-4-3-5-7-9;1-9(2,7)5(6)10(3,4)8/h10-12,14-15,19,22H,6-9,13,16-18H2,1-5H3;3-8H,2H2,1H3;5H,6H2,1-4H3/b23-19+;;. The molecule has 0 bridgehead atoms. The van der Waals surface area contributed by atoms with Crippen molar-refractivity contribution in [1.82, 2.24) is 5.01 Å². The van der Waals surface area contributed by atoms with Crippen molar-refractivity contribution in [1.29, 1.82) is 0 Å². The Morgan fingerprint density at radius 1 is 0.717 bits per heavy atom. The first-order valence-corrected chi connectivity index (χ1v) is 26.4. The number of carbonyl (C=O) groups excluding carboxylic acids is 1. The number of hydrogen-bond donors (Lipinski definition) is 1. The van der Waals surface area contributed by atoms with Crippen LogP contribution in [0.2, 0.25) is 0 Å². The van der Waals surface area contributed by atoms with E-state index >= 15 is 0 Å². The van der Waals surface area contributed by atoms with Gasteiger partial charge in [-0.15, -0.1) is 0 Å². The minimum absolute atomic E-state index is 0.0738. The van der Waals surface area contributed by atoms with Crippen molar-refractivity contribution in [3.05, 3.63) is 71.8 Å². The van der Waals surface area contributed by atoms with E-state index in [1.807, 2.05) is 80.8 Å². The molecule has 2 N–H and O–H groups in total. The van der Waals surface area contributed by atoms with Crippen LogP contribution in [0, 0.1) is 0 Å². The van der Waals surface area contributed by atoms with Gasteiger partial charge in [-0.25, -0.2) is 0 Å². The van der Waals surface area contributed by atoms with Gasteiger partial charge in [-0.05, 0) is 78.8 Å². The lowest BCUT2D eigenvalue weighted by molar-refractivity contribution is -0.119. The van der Waals surface area contributed by atoms with Crippen molar-refractivity contribution in [2.45, 2.75) is 64.8 Å². The van der Waals surface area contributed by atoms with Crippen LogP contribution in [0.15, 0.2) is 70.8 Å². The molecule has 17 heteroatoms. The number of benzene rings is 2. The van der Waals surface area contributed by atoms with E-state index in [1.165, 1.54) is 5.56 Å². The molecule has 0 aliphatic rings. The number of nitrogens with two attached hydrogens (primary N) is 1. The zero-order chi connectivity index (χ0) is 40.6. The monoisotopic (exact) mass is 820 g/mol. The predicted molar refractivity (Wildman–Crippen MR) is 222 cm³/mol. The lowest BCUT2D eigenvalue weighted by atomic mass is 10.2. The normalized spacial score (nSPS) is 12.5. The summed E-state index contributed by atoms with van der Waals surface area (Å²) in [4.78, 5) is 16.9. The summed E-state index contributed by atoms with van der Waals surface area (Å²) >= 11 is 0. The quantitative estimate of drug-likeness (QED) is 0.0681. The molecule has 302 valence electrons. The Balaban J connectivity index is 0.00000109. The molecule has 0 radical (unpaired) electrons. The first-order chi connectivity index (χ1) is 24.8. The molecule has 13 nitrogen and oxygen atoms in total. The van der Waals surface area contributed by atoms with Crippen LogP contribution in [0.4, 0.5) is 0 Å². The smallest absolute Gasteiger partial charge is 0.322 e. The van der Waals surface area contributed by atoms with Gasteiger partial charge in [-0.2, -0.15) is 5.10 Å². The number of carbonyl (C=O) groups is 1. The van der Waals surface area contributed by atoms with E-state index in [1.54, 1.807) is 65.6 Å². The van der Waals surface area contributed by atoms with E-state index in [2.05, 4.69) is 10.1 Å². The molecule has 0 fully saturated rings. The summed E-state index contributed by atoms with van der Waals surface area (Å²) in [7, 11) is -10.8. The summed E-state index contributed by atoms with van der Waals surface area (Å²) in [5.74, 6) is -0.222. The zero-order valence-corrected chi connectivity index (χ0v) is 36.9. The van der Waals surface area contributed by atoms with Gasteiger partial charge < -0.3 is 38.0 Å². The highest BCUT2D eigenvalue weighted by molar-refractivity contribution is 7.80. The maximum absolute atomic E-state index is 13.5. The summed E-state index contributed by atoms with van der Waals surface area (Å²) < 4.78 is 71.1. The van der Waals surface area contributed by atoms with Crippen LogP contribution < -0.4 is 5.73 Å². The number of ketones is 1. The molecule has 0 aliphatic heterocycles. The number of hydrogen-bond acceptors (Lipinski definition) is 13. The third-order valence-electron chi connectivity index (χ3n) is 7.01. The third-order valence-corrected chi connectivity index (χ3v) is 18.9. The molecule has 0 aromatic heterocycles. The zero-order valence-electron chi connectivity index (χ0n) is 33.3. The molecule has 2 rings (SSSR count). The number of Topliss-reactive ketones (excluding diaryl/α,β-unsaturated/α-hetero) is 1. The van der Waals surface area contributed by atoms with Crippen LogP contribution in [-0.2, 0) is 41.1 Å². The van der Waals surface area contributed by atoms with E-state index < -0.39 is 40.4 Å². The predicted octanol–water partition coefficient (Wildman–Crippen LogP) is 9.15. The van der Waals surface area contributed by atoms with Gasteiger partial charge in [0, 0.05) is 39.2 Å². The topological polar surface area (TPSA) is 176 Å². The Labute approximate surface area is 318 Å². The highest BCUT2D eigenvalue weighted by Crippen LogP contribution is 2.71. The minimum atomic E-state index is -3.93. The number of rotatable bonds is 22. The molecule has 2 aromatic rings. The largest absolute Gasteiger partial charge is 0.346 e. The number of aliphatic imine (C=N–C) groups is 1. The lowest BCUT2D eigenvalue weighted by Gasteiger charge is -2.31. The second-order valence-electron chi connectivity index (χ2n) is 12.4. The van der Waals surface area contributed by atoms with Crippen LogP contribution in [0.25, 0.3) is 0 Å². The van der Waals surface area contributed by atoms with Crippen LogP contribution in [0.3, 0.4) is 0 Å². The van der Waals surface area contributed by atoms with Crippen LogP contribution in [-0.4, -0.2) is 107 Å². The van der Waals surface area contributed by atoms with E-state index in [4.69, 9.17) is 23.8 Å². The van der Waals surface area contributed by atoms with Gasteiger partial charge >= 0.3 is 15.2 Å². The molecule has 0 amide bonds. The highest BCUT2D eigenvalue weighted by Gasteiger charge is 2.51. The Hall–Kier alpha value is -2.03. The molecule has 53 heavy (non-hydrogen) atoms. The van der Waals surface area contributed by atoms with Crippen molar-refractivity contribution < 1.29 is 41.1 Å². The summed E-state index contributed by atoms with van der Waals surface area (Å²) in [6.45, 7) is 16.6. The summed E-state index contributed by atoms with van der Waals surface area (Å²) in [5, 5.41) is 4.79. The molecule has 0 heterocycles. The second kappa shape index (κ2) is 26.7. The van der Waals surface area contributed by atoms with Crippen molar-refractivity contribution in [3.8, 4) is 0 Å². The average Bonchev–Trinajstić information content (AvgIpc) is 3.09. The van der Waals surface area contributed by atoms with Gasteiger partial charge in [0.1, 0.15) is 25.6 Å². The van der Waals surface area contributed by atoms with E-state index in [-0.39, 0.29) is 45.1 Å². The van der Waals surface area contributed by atoms with Gasteiger partial charge in [0.2, 0.25) is 0 Å². The second-order valence-corrected chi connectivity index (χ2v) is 24.5. The van der Waals surface area contributed by atoms with E-state index in [9.17, 15) is 23.1 Å². The van der Waals surface area contributed by atoms with Crippen LogP contribution in [0.5, 0.6) is 0 Å². The fourth-order valence-corrected chi connectivity index (χ4v) is 15.2. The fourth-order valence-electron chi connectivity index (χ4n) is 4.51. The fraction of sp³-hybridized carbons (Fsp3) is 0.583. The molecule has 0 spiro atoms. The lowest BCUT2D eigenvalue weighted by Crippen LogP contribution is -2.22.